The molecule has 2 N–H and O–H groups in total. The first-order valence-corrected chi connectivity index (χ1v) is 4.92. The Kier molecular flexibility index (Phi) is 2.72. The number of nitriles is 2. The predicted octanol–water partition coefficient (Wildman–Crippen LogP) is 2.07. The third-order valence-corrected chi connectivity index (χ3v) is 2.35. The molecule has 0 unspecified atom stereocenters. The van der Waals surface area contributed by atoms with Crippen LogP contribution in [0.2, 0.25) is 0 Å². The maximum atomic E-state index is 8.74. The molecule has 1 aromatic heterocycles. The molecule has 4 heteroatoms. The summed E-state index contributed by atoms with van der Waals surface area (Å²) in [5.74, 6) is 0.217. The van der Waals surface area contributed by atoms with E-state index in [2.05, 4.69) is 4.98 Å². The van der Waals surface area contributed by atoms with Crippen molar-refractivity contribution in [3.63, 3.8) is 0 Å². The third-order valence-electron chi connectivity index (χ3n) is 2.35. The quantitative estimate of drug-likeness (QED) is 0.796. The Bertz CT molecular complexity index is 630. The zero-order valence-corrected chi connectivity index (χ0v) is 8.88. The normalized spacial score (nSPS) is 9.29. The molecule has 0 atom stereocenters. The zero-order valence-electron chi connectivity index (χ0n) is 8.88. The third kappa shape index (κ3) is 2.06. The van der Waals surface area contributed by atoms with Crippen LogP contribution in [0.25, 0.3) is 11.3 Å². The summed E-state index contributed by atoms with van der Waals surface area (Å²) in [6, 6.07) is 14.4. The summed E-state index contributed by atoms with van der Waals surface area (Å²) in [5.41, 5.74) is 8.14. The second-order valence-corrected chi connectivity index (χ2v) is 3.43. The van der Waals surface area contributed by atoms with Crippen LogP contribution in [-0.2, 0) is 0 Å². The van der Waals surface area contributed by atoms with Crippen molar-refractivity contribution < 1.29 is 0 Å². The predicted molar refractivity (Wildman–Crippen MR) is 63.5 cm³/mol. The molecule has 0 fully saturated rings. The van der Waals surface area contributed by atoms with E-state index in [1.807, 2.05) is 12.1 Å². The van der Waals surface area contributed by atoms with Crippen LogP contribution in [0.4, 0.5) is 5.82 Å². The van der Waals surface area contributed by atoms with Gasteiger partial charge in [0, 0.05) is 5.56 Å². The summed E-state index contributed by atoms with van der Waals surface area (Å²) in [7, 11) is 0. The first kappa shape index (κ1) is 10.7. The van der Waals surface area contributed by atoms with Crippen LogP contribution < -0.4 is 5.73 Å². The number of nitrogens with two attached hydrogens (primary N) is 1. The summed E-state index contributed by atoms with van der Waals surface area (Å²) in [6.45, 7) is 0. The van der Waals surface area contributed by atoms with Gasteiger partial charge in [0.2, 0.25) is 0 Å². The lowest BCUT2D eigenvalue weighted by atomic mass is 10.1. The van der Waals surface area contributed by atoms with Crippen molar-refractivity contribution >= 4 is 5.82 Å². The van der Waals surface area contributed by atoms with E-state index in [4.69, 9.17) is 16.3 Å². The van der Waals surface area contributed by atoms with Crippen molar-refractivity contribution in [3.8, 4) is 23.4 Å². The Morgan fingerprint density at radius 2 is 1.65 bits per heavy atom. The fraction of sp³-hybridized carbons (Fsp3) is 0. The molecule has 0 saturated carbocycles. The number of pyridine rings is 1. The Morgan fingerprint density at radius 3 is 2.18 bits per heavy atom. The molecule has 0 amide bonds. The smallest absolute Gasteiger partial charge is 0.142 e. The first-order valence-electron chi connectivity index (χ1n) is 4.92. The van der Waals surface area contributed by atoms with E-state index in [0.29, 0.717) is 16.8 Å². The molecule has 2 aromatic rings. The number of anilines is 1. The van der Waals surface area contributed by atoms with Crippen molar-refractivity contribution in [2.75, 3.05) is 5.73 Å². The number of nitrogens with zero attached hydrogens (tertiary/aromatic N) is 3. The number of rotatable bonds is 1. The minimum atomic E-state index is 0.217. The van der Waals surface area contributed by atoms with Gasteiger partial charge < -0.3 is 5.73 Å². The highest BCUT2D eigenvalue weighted by atomic mass is 14.8. The van der Waals surface area contributed by atoms with Gasteiger partial charge in [-0.25, -0.2) is 4.98 Å². The molecule has 0 saturated heterocycles. The summed E-state index contributed by atoms with van der Waals surface area (Å²) >= 11 is 0. The van der Waals surface area contributed by atoms with Gasteiger partial charge in [-0.1, -0.05) is 12.1 Å². The van der Waals surface area contributed by atoms with Gasteiger partial charge >= 0.3 is 0 Å². The fourth-order valence-electron chi connectivity index (χ4n) is 1.45. The van der Waals surface area contributed by atoms with E-state index in [-0.39, 0.29) is 5.82 Å². The average Bonchev–Trinajstić information content (AvgIpc) is 2.39. The van der Waals surface area contributed by atoms with E-state index in [1.165, 1.54) is 0 Å². The molecule has 0 spiro atoms. The van der Waals surface area contributed by atoms with Gasteiger partial charge in [-0.2, -0.15) is 10.5 Å². The van der Waals surface area contributed by atoms with Gasteiger partial charge in [-0.05, 0) is 24.3 Å². The maximum Gasteiger partial charge on any atom is 0.142 e. The summed E-state index contributed by atoms with van der Waals surface area (Å²) in [5, 5.41) is 17.4. The molecular formula is C13H8N4. The molecule has 0 bridgehead atoms. The van der Waals surface area contributed by atoms with Gasteiger partial charge in [0.15, 0.2) is 0 Å². The Hall–Kier alpha value is -2.85. The van der Waals surface area contributed by atoms with E-state index in [1.54, 1.807) is 36.4 Å². The van der Waals surface area contributed by atoms with Crippen LogP contribution in [0.1, 0.15) is 11.1 Å². The topological polar surface area (TPSA) is 86.5 Å². The molecule has 0 aliphatic rings. The van der Waals surface area contributed by atoms with Crippen LogP contribution in [0.15, 0.2) is 36.4 Å². The van der Waals surface area contributed by atoms with Gasteiger partial charge in [0.25, 0.3) is 0 Å². The summed E-state index contributed by atoms with van der Waals surface area (Å²) in [4.78, 5) is 4.14. The number of hydrogen-bond donors (Lipinski definition) is 1. The number of nitrogen functional groups attached to an aromatic ring is 1. The van der Waals surface area contributed by atoms with Gasteiger partial charge in [0.05, 0.1) is 22.9 Å². The standard InChI is InChI=1S/C13H8N4/c14-7-9-1-3-10(4-2-9)12-6-5-11(8-15)13(16)17-12/h1-6H,(H2,16,17). The number of hydrogen-bond acceptors (Lipinski definition) is 4. The Morgan fingerprint density at radius 1 is 0.941 bits per heavy atom. The maximum absolute atomic E-state index is 8.74. The summed E-state index contributed by atoms with van der Waals surface area (Å²) in [6.07, 6.45) is 0. The monoisotopic (exact) mass is 220 g/mol. The average molecular weight is 220 g/mol. The Balaban J connectivity index is 2.44. The van der Waals surface area contributed by atoms with Crippen molar-refractivity contribution in [2.45, 2.75) is 0 Å². The van der Waals surface area contributed by atoms with E-state index in [0.717, 1.165) is 5.56 Å². The minimum Gasteiger partial charge on any atom is -0.383 e. The van der Waals surface area contributed by atoms with E-state index >= 15 is 0 Å². The van der Waals surface area contributed by atoms with Crippen LogP contribution in [0.5, 0.6) is 0 Å². The summed E-state index contributed by atoms with van der Waals surface area (Å²) < 4.78 is 0. The molecule has 80 valence electrons. The lowest BCUT2D eigenvalue weighted by molar-refractivity contribution is 1.31. The van der Waals surface area contributed by atoms with Crippen molar-refractivity contribution in [2.24, 2.45) is 0 Å². The van der Waals surface area contributed by atoms with Crippen molar-refractivity contribution in [1.82, 2.24) is 4.98 Å². The lowest BCUT2D eigenvalue weighted by Crippen LogP contribution is -1.96. The molecular weight excluding hydrogens is 212 g/mol. The van der Waals surface area contributed by atoms with Gasteiger partial charge in [-0.3, -0.25) is 0 Å². The largest absolute Gasteiger partial charge is 0.383 e. The van der Waals surface area contributed by atoms with Crippen LogP contribution in [0.3, 0.4) is 0 Å². The Labute approximate surface area is 98.6 Å². The highest BCUT2D eigenvalue weighted by Crippen LogP contribution is 2.20. The molecule has 17 heavy (non-hydrogen) atoms. The van der Waals surface area contributed by atoms with E-state index in [9.17, 15) is 0 Å². The molecule has 1 heterocycles. The van der Waals surface area contributed by atoms with Gasteiger partial charge in [0.1, 0.15) is 11.9 Å². The molecule has 2 rings (SSSR count). The number of benzene rings is 1. The second kappa shape index (κ2) is 4.34. The highest BCUT2D eigenvalue weighted by Gasteiger charge is 2.04. The molecule has 0 radical (unpaired) electrons. The SMILES string of the molecule is N#Cc1ccc(-c2ccc(C#N)c(N)n2)cc1. The molecule has 1 aromatic carbocycles. The highest BCUT2D eigenvalue weighted by molar-refractivity contribution is 5.64. The van der Waals surface area contributed by atoms with Crippen molar-refractivity contribution in [3.05, 3.63) is 47.5 Å². The van der Waals surface area contributed by atoms with Crippen LogP contribution in [0, 0.1) is 22.7 Å². The molecule has 4 nitrogen and oxygen atoms in total. The molecule has 0 aliphatic heterocycles. The van der Waals surface area contributed by atoms with Crippen LogP contribution >= 0.6 is 0 Å². The van der Waals surface area contributed by atoms with Crippen molar-refractivity contribution in [1.29, 1.82) is 10.5 Å². The second-order valence-electron chi connectivity index (χ2n) is 3.43. The minimum absolute atomic E-state index is 0.217. The molecule has 0 aliphatic carbocycles. The number of aromatic nitrogens is 1. The van der Waals surface area contributed by atoms with Crippen LogP contribution in [-0.4, -0.2) is 4.98 Å². The first-order chi connectivity index (χ1) is 8.24. The van der Waals surface area contributed by atoms with Gasteiger partial charge in [-0.15, -0.1) is 0 Å². The fourth-order valence-corrected chi connectivity index (χ4v) is 1.45. The lowest BCUT2D eigenvalue weighted by Gasteiger charge is -2.03. The van der Waals surface area contributed by atoms with E-state index < -0.39 is 0 Å². The zero-order chi connectivity index (χ0) is 12.3.